The molecular weight excluding hydrogens is 380 g/mol. The van der Waals surface area contributed by atoms with E-state index in [2.05, 4.69) is 31.2 Å². The van der Waals surface area contributed by atoms with E-state index in [0.29, 0.717) is 38.0 Å². The van der Waals surface area contributed by atoms with Crippen molar-refractivity contribution >= 4 is 12.1 Å². The molecule has 4 N–H and O–H groups in total. The number of amides is 4. The number of urea groups is 2. The van der Waals surface area contributed by atoms with Crippen LogP contribution in [0.25, 0.3) is 0 Å². The lowest BCUT2D eigenvalue weighted by atomic mass is 9.81. The molecule has 3 rings (SSSR count). The van der Waals surface area contributed by atoms with Crippen molar-refractivity contribution < 1.29 is 9.59 Å². The summed E-state index contributed by atoms with van der Waals surface area (Å²) in [5.41, 5.74) is 1.66. The number of carbonyl (C=O) groups is 2. The van der Waals surface area contributed by atoms with Gasteiger partial charge in [-0.15, -0.1) is 0 Å². The van der Waals surface area contributed by atoms with Crippen molar-refractivity contribution in [2.75, 3.05) is 13.1 Å². The molecule has 1 fully saturated rings. The van der Waals surface area contributed by atoms with E-state index in [1.807, 2.05) is 36.4 Å². The van der Waals surface area contributed by atoms with Gasteiger partial charge in [0.05, 0.1) is 24.5 Å². The van der Waals surface area contributed by atoms with Crippen LogP contribution >= 0.6 is 0 Å². The number of aromatic nitrogens is 2. The van der Waals surface area contributed by atoms with E-state index >= 15 is 0 Å². The average molecular weight is 411 g/mol. The normalized spacial score (nSPS) is 18.3. The molecule has 8 nitrogen and oxygen atoms in total. The van der Waals surface area contributed by atoms with Gasteiger partial charge in [0.25, 0.3) is 0 Å². The van der Waals surface area contributed by atoms with Gasteiger partial charge >= 0.3 is 12.1 Å². The quantitative estimate of drug-likeness (QED) is 0.536. The molecule has 1 saturated carbocycles. The minimum absolute atomic E-state index is 0.171. The van der Waals surface area contributed by atoms with Crippen LogP contribution in [0.2, 0.25) is 0 Å². The van der Waals surface area contributed by atoms with Crippen LogP contribution in [0.4, 0.5) is 9.59 Å². The van der Waals surface area contributed by atoms with E-state index in [1.54, 1.807) is 12.4 Å². The summed E-state index contributed by atoms with van der Waals surface area (Å²) in [6.45, 7) is 2.13. The minimum atomic E-state index is -0.171. The standard InChI is InChI=1S/C22H30N6O2/c29-21(27-15-19-8-1-3-10-23-19)25-13-17-6-5-7-18(12-17)14-26-22(30)28-16-20-9-2-4-11-24-20/h1-4,8-11,17-18H,5-7,12-16H2,(H2,25,27,29)(H2,26,28,30)/t17-,18-/m1/s1. The first-order valence-corrected chi connectivity index (χ1v) is 10.5. The summed E-state index contributed by atoms with van der Waals surface area (Å²) in [6, 6.07) is 10.9. The van der Waals surface area contributed by atoms with E-state index in [9.17, 15) is 9.59 Å². The van der Waals surface area contributed by atoms with Crippen molar-refractivity contribution in [3.05, 3.63) is 60.2 Å². The molecule has 0 aliphatic heterocycles. The van der Waals surface area contributed by atoms with Crippen molar-refractivity contribution in [3.8, 4) is 0 Å². The second kappa shape index (κ2) is 11.7. The zero-order valence-corrected chi connectivity index (χ0v) is 17.1. The second-order valence-electron chi connectivity index (χ2n) is 7.67. The van der Waals surface area contributed by atoms with Crippen LogP contribution in [0.15, 0.2) is 48.8 Å². The highest BCUT2D eigenvalue weighted by Crippen LogP contribution is 2.28. The summed E-state index contributed by atoms with van der Waals surface area (Å²) in [5, 5.41) is 11.6. The lowest BCUT2D eigenvalue weighted by Crippen LogP contribution is -2.41. The van der Waals surface area contributed by atoms with Crippen molar-refractivity contribution in [1.29, 1.82) is 0 Å². The van der Waals surface area contributed by atoms with Crippen LogP contribution in [0, 0.1) is 11.8 Å². The SMILES string of the molecule is O=C(NCc1ccccn1)NC[C@@H]1CCC[C@@H](CNC(=O)NCc2ccccn2)C1. The summed E-state index contributed by atoms with van der Waals surface area (Å²) < 4.78 is 0. The Balaban J connectivity index is 1.29. The predicted octanol–water partition coefficient (Wildman–Crippen LogP) is 2.58. The topological polar surface area (TPSA) is 108 Å². The molecule has 4 amide bonds. The minimum Gasteiger partial charge on any atom is -0.338 e. The molecule has 0 saturated heterocycles. The highest BCUT2D eigenvalue weighted by Gasteiger charge is 2.22. The van der Waals surface area contributed by atoms with Crippen molar-refractivity contribution in [3.63, 3.8) is 0 Å². The zero-order chi connectivity index (χ0) is 21.0. The third-order valence-electron chi connectivity index (χ3n) is 5.31. The maximum atomic E-state index is 12.0. The Morgan fingerprint density at radius 3 is 1.70 bits per heavy atom. The van der Waals surface area contributed by atoms with Gasteiger partial charge in [0.1, 0.15) is 0 Å². The molecule has 0 bridgehead atoms. The van der Waals surface area contributed by atoms with Crippen LogP contribution in [-0.2, 0) is 13.1 Å². The van der Waals surface area contributed by atoms with Gasteiger partial charge in [0.2, 0.25) is 0 Å². The van der Waals surface area contributed by atoms with E-state index in [0.717, 1.165) is 37.1 Å². The maximum absolute atomic E-state index is 12.0. The number of carbonyl (C=O) groups excluding carboxylic acids is 2. The molecule has 2 heterocycles. The number of hydrogen-bond donors (Lipinski definition) is 4. The number of rotatable bonds is 8. The molecule has 0 aromatic carbocycles. The zero-order valence-electron chi connectivity index (χ0n) is 17.1. The lowest BCUT2D eigenvalue weighted by molar-refractivity contribution is 0.221. The molecule has 0 radical (unpaired) electrons. The summed E-state index contributed by atoms with van der Waals surface area (Å²) in [7, 11) is 0. The first kappa shape index (κ1) is 21.5. The van der Waals surface area contributed by atoms with Gasteiger partial charge in [-0.05, 0) is 55.4 Å². The second-order valence-corrected chi connectivity index (χ2v) is 7.67. The number of nitrogens with zero attached hydrogens (tertiary/aromatic N) is 2. The van der Waals surface area contributed by atoms with E-state index < -0.39 is 0 Å². The van der Waals surface area contributed by atoms with Crippen LogP contribution in [-0.4, -0.2) is 35.1 Å². The van der Waals surface area contributed by atoms with Crippen LogP contribution in [0.3, 0.4) is 0 Å². The van der Waals surface area contributed by atoms with Crippen molar-refractivity contribution in [2.24, 2.45) is 11.8 Å². The number of hydrogen-bond acceptors (Lipinski definition) is 4. The fraction of sp³-hybridized carbons (Fsp3) is 0.455. The van der Waals surface area contributed by atoms with Crippen LogP contribution in [0.1, 0.15) is 37.1 Å². The Kier molecular flexibility index (Phi) is 8.44. The van der Waals surface area contributed by atoms with E-state index in [4.69, 9.17) is 0 Å². The molecule has 2 aromatic rings. The molecule has 30 heavy (non-hydrogen) atoms. The third kappa shape index (κ3) is 7.69. The summed E-state index contributed by atoms with van der Waals surface area (Å²) in [5.74, 6) is 0.866. The first-order chi connectivity index (χ1) is 14.7. The molecule has 0 unspecified atom stereocenters. The Morgan fingerprint density at radius 2 is 1.27 bits per heavy atom. The molecule has 8 heteroatoms. The maximum Gasteiger partial charge on any atom is 0.315 e. The van der Waals surface area contributed by atoms with Gasteiger partial charge in [-0.1, -0.05) is 18.6 Å². The van der Waals surface area contributed by atoms with E-state index in [-0.39, 0.29) is 12.1 Å². The molecule has 0 spiro atoms. The van der Waals surface area contributed by atoms with Crippen LogP contribution in [0.5, 0.6) is 0 Å². The van der Waals surface area contributed by atoms with Gasteiger partial charge in [-0.2, -0.15) is 0 Å². The molecule has 1 aliphatic carbocycles. The Hall–Kier alpha value is -3.16. The molecule has 2 atom stereocenters. The lowest BCUT2D eigenvalue weighted by Gasteiger charge is -2.29. The first-order valence-electron chi connectivity index (χ1n) is 10.5. The van der Waals surface area contributed by atoms with Crippen molar-refractivity contribution in [2.45, 2.75) is 38.8 Å². The average Bonchev–Trinajstić information content (AvgIpc) is 2.80. The van der Waals surface area contributed by atoms with Gasteiger partial charge in [0, 0.05) is 25.5 Å². The van der Waals surface area contributed by atoms with Gasteiger partial charge in [0.15, 0.2) is 0 Å². The summed E-state index contributed by atoms with van der Waals surface area (Å²) in [6.07, 6.45) is 7.74. The third-order valence-corrected chi connectivity index (χ3v) is 5.31. The van der Waals surface area contributed by atoms with Crippen LogP contribution < -0.4 is 21.3 Å². The largest absolute Gasteiger partial charge is 0.338 e. The smallest absolute Gasteiger partial charge is 0.315 e. The van der Waals surface area contributed by atoms with E-state index in [1.165, 1.54) is 0 Å². The fourth-order valence-corrected chi connectivity index (χ4v) is 3.72. The summed E-state index contributed by atoms with van der Waals surface area (Å²) >= 11 is 0. The molecule has 1 aliphatic rings. The van der Waals surface area contributed by atoms with Gasteiger partial charge in [-0.25, -0.2) is 9.59 Å². The van der Waals surface area contributed by atoms with Gasteiger partial charge < -0.3 is 21.3 Å². The highest BCUT2D eigenvalue weighted by atomic mass is 16.2. The monoisotopic (exact) mass is 410 g/mol. The van der Waals surface area contributed by atoms with Gasteiger partial charge in [-0.3, -0.25) is 9.97 Å². The Morgan fingerprint density at radius 1 is 0.767 bits per heavy atom. The number of nitrogens with one attached hydrogen (secondary N) is 4. The number of pyridine rings is 2. The highest BCUT2D eigenvalue weighted by molar-refractivity contribution is 5.74. The molecule has 160 valence electrons. The fourth-order valence-electron chi connectivity index (χ4n) is 3.72. The molecule has 2 aromatic heterocycles. The Labute approximate surface area is 177 Å². The van der Waals surface area contributed by atoms with Crippen molar-refractivity contribution in [1.82, 2.24) is 31.2 Å². The molecular formula is C22H30N6O2. The predicted molar refractivity (Wildman–Crippen MR) is 114 cm³/mol. The Bertz CT molecular complexity index is 721. The summed E-state index contributed by atoms with van der Waals surface area (Å²) in [4.78, 5) is 32.4.